The molecule has 0 radical (unpaired) electrons. The van der Waals surface area contributed by atoms with E-state index in [0.29, 0.717) is 0 Å². The van der Waals surface area contributed by atoms with Gasteiger partial charge < -0.3 is 0 Å². The van der Waals surface area contributed by atoms with E-state index < -0.39 is 0 Å². The third-order valence-electron chi connectivity index (χ3n) is 5.44. The van der Waals surface area contributed by atoms with E-state index in [1.807, 2.05) is 0 Å². The van der Waals surface area contributed by atoms with Crippen LogP contribution >= 0.6 is 0 Å². The molecule has 0 bridgehead atoms. The number of benzene rings is 2. The summed E-state index contributed by atoms with van der Waals surface area (Å²) in [6, 6.07) is 18.0. The van der Waals surface area contributed by atoms with Gasteiger partial charge in [0.05, 0.1) is 0 Å². The van der Waals surface area contributed by atoms with Crippen LogP contribution in [-0.4, -0.2) is 0 Å². The predicted molar refractivity (Wildman–Crippen MR) is 84.7 cm³/mol. The van der Waals surface area contributed by atoms with Gasteiger partial charge in [0.1, 0.15) is 0 Å². The van der Waals surface area contributed by atoms with Crippen molar-refractivity contribution in [2.24, 2.45) is 11.8 Å². The van der Waals surface area contributed by atoms with Gasteiger partial charge in [-0.2, -0.15) is 0 Å². The van der Waals surface area contributed by atoms with E-state index in [9.17, 15) is 0 Å². The number of hydrogen-bond acceptors (Lipinski definition) is 0. The van der Waals surface area contributed by atoms with E-state index in [0.717, 1.165) is 18.3 Å². The van der Waals surface area contributed by atoms with E-state index in [-0.39, 0.29) is 5.41 Å². The summed E-state index contributed by atoms with van der Waals surface area (Å²) in [6.07, 6.45) is 4.48. The molecule has 4 rings (SSSR count). The Bertz CT molecular complexity index is 634. The fourth-order valence-electron chi connectivity index (χ4n) is 4.78. The average Bonchev–Trinajstić information content (AvgIpc) is 3.05. The minimum atomic E-state index is 0.274. The lowest BCUT2D eigenvalue weighted by atomic mass is 9.88. The predicted octanol–water partition coefficient (Wildman–Crippen LogP) is 5.19. The van der Waals surface area contributed by atoms with E-state index in [4.69, 9.17) is 0 Å². The van der Waals surface area contributed by atoms with Crippen LogP contribution in [0.1, 0.15) is 30.9 Å². The standard InChI is InChI=1S/C20H20/c1-3-9-19-16(4-2)20(19)17-12-7-5-10-14(17)15-11-6-8-13-18(15)20/h3,5-8,10-13,16,19H,1,4,9H2,2H3/t16-,19+/m0/s1. The summed E-state index contributed by atoms with van der Waals surface area (Å²) in [5.41, 5.74) is 6.29. The summed E-state index contributed by atoms with van der Waals surface area (Å²) in [5, 5.41) is 0. The highest BCUT2D eigenvalue weighted by molar-refractivity contribution is 5.83. The smallest absolute Gasteiger partial charge is 0.0280 e. The Hall–Kier alpha value is -1.82. The molecule has 0 saturated heterocycles. The molecule has 2 atom stereocenters. The molecule has 0 unspecified atom stereocenters. The molecule has 1 fully saturated rings. The van der Waals surface area contributed by atoms with Crippen molar-refractivity contribution >= 4 is 0 Å². The monoisotopic (exact) mass is 260 g/mol. The van der Waals surface area contributed by atoms with Gasteiger partial charge in [-0.05, 0) is 40.5 Å². The van der Waals surface area contributed by atoms with Crippen molar-refractivity contribution in [2.45, 2.75) is 25.2 Å². The van der Waals surface area contributed by atoms with Crippen LogP contribution in [0.15, 0.2) is 61.2 Å². The van der Waals surface area contributed by atoms with Gasteiger partial charge in [-0.1, -0.05) is 68.0 Å². The fourth-order valence-corrected chi connectivity index (χ4v) is 4.78. The minimum absolute atomic E-state index is 0.274. The summed E-state index contributed by atoms with van der Waals surface area (Å²) in [5.74, 6) is 1.50. The highest BCUT2D eigenvalue weighted by atomic mass is 14.7. The Morgan fingerprint density at radius 2 is 1.50 bits per heavy atom. The fraction of sp³-hybridized carbons (Fsp3) is 0.300. The Morgan fingerprint density at radius 3 is 2.00 bits per heavy atom. The molecule has 2 aliphatic rings. The Labute approximate surface area is 121 Å². The maximum Gasteiger partial charge on any atom is 0.0280 e. The molecule has 0 heteroatoms. The van der Waals surface area contributed by atoms with Crippen LogP contribution in [0.3, 0.4) is 0 Å². The molecule has 0 amide bonds. The van der Waals surface area contributed by atoms with Crippen LogP contribution in [0, 0.1) is 11.8 Å². The Kier molecular flexibility index (Phi) is 2.44. The van der Waals surface area contributed by atoms with Gasteiger partial charge in [-0.25, -0.2) is 0 Å². The summed E-state index contributed by atoms with van der Waals surface area (Å²) >= 11 is 0. The summed E-state index contributed by atoms with van der Waals surface area (Å²) in [6.45, 7) is 6.31. The van der Waals surface area contributed by atoms with Gasteiger partial charge in [-0.3, -0.25) is 0 Å². The van der Waals surface area contributed by atoms with Crippen molar-refractivity contribution in [3.63, 3.8) is 0 Å². The first-order valence-corrected chi connectivity index (χ1v) is 7.66. The number of allylic oxidation sites excluding steroid dienone is 1. The van der Waals surface area contributed by atoms with E-state index >= 15 is 0 Å². The van der Waals surface area contributed by atoms with Crippen molar-refractivity contribution in [1.82, 2.24) is 0 Å². The van der Waals surface area contributed by atoms with Crippen LogP contribution in [0.5, 0.6) is 0 Å². The highest BCUT2D eigenvalue weighted by Crippen LogP contribution is 2.72. The molecule has 1 spiro atoms. The van der Waals surface area contributed by atoms with Crippen molar-refractivity contribution in [2.75, 3.05) is 0 Å². The maximum atomic E-state index is 3.98. The molecule has 20 heavy (non-hydrogen) atoms. The van der Waals surface area contributed by atoms with E-state index in [1.165, 1.54) is 17.5 Å². The van der Waals surface area contributed by atoms with Crippen LogP contribution in [0.4, 0.5) is 0 Å². The summed E-state index contributed by atoms with van der Waals surface area (Å²) in [4.78, 5) is 0. The van der Waals surface area contributed by atoms with Crippen molar-refractivity contribution in [3.05, 3.63) is 72.3 Å². The van der Waals surface area contributed by atoms with Gasteiger partial charge >= 0.3 is 0 Å². The van der Waals surface area contributed by atoms with Crippen molar-refractivity contribution < 1.29 is 0 Å². The second kappa shape index (κ2) is 4.09. The van der Waals surface area contributed by atoms with Crippen molar-refractivity contribution in [1.29, 1.82) is 0 Å². The molecular weight excluding hydrogens is 240 g/mol. The summed E-state index contributed by atoms with van der Waals surface area (Å²) < 4.78 is 0. The molecule has 2 aliphatic carbocycles. The largest absolute Gasteiger partial charge is 0.103 e. The lowest BCUT2D eigenvalue weighted by Gasteiger charge is -2.14. The topological polar surface area (TPSA) is 0 Å². The van der Waals surface area contributed by atoms with E-state index in [2.05, 4.69) is 68.1 Å². The van der Waals surface area contributed by atoms with Gasteiger partial charge in [0, 0.05) is 5.41 Å². The van der Waals surface area contributed by atoms with Crippen LogP contribution in [-0.2, 0) is 5.41 Å². The van der Waals surface area contributed by atoms with Gasteiger partial charge in [-0.15, -0.1) is 6.58 Å². The number of hydrogen-bond donors (Lipinski definition) is 0. The lowest BCUT2D eigenvalue weighted by molar-refractivity contribution is 0.679. The summed E-state index contributed by atoms with van der Waals surface area (Å²) in [7, 11) is 0. The third-order valence-corrected chi connectivity index (χ3v) is 5.44. The molecule has 1 saturated carbocycles. The van der Waals surface area contributed by atoms with Crippen molar-refractivity contribution in [3.8, 4) is 11.1 Å². The number of fused-ring (bicyclic) bond motifs is 5. The zero-order valence-corrected chi connectivity index (χ0v) is 12.0. The molecule has 2 aromatic carbocycles. The normalized spacial score (nSPS) is 24.2. The van der Waals surface area contributed by atoms with Gasteiger partial charge in [0.25, 0.3) is 0 Å². The maximum absolute atomic E-state index is 3.98. The van der Waals surface area contributed by atoms with Crippen LogP contribution in [0.25, 0.3) is 11.1 Å². The van der Waals surface area contributed by atoms with Crippen LogP contribution < -0.4 is 0 Å². The number of rotatable bonds is 3. The Morgan fingerprint density at radius 1 is 0.950 bits per heavy atom. The molecule has 0 nitrogen and oxygen atoms in total. The Balaban J connectivity index is 1.99. The lowest BCUT2D eigenvalue weighted by Crippen LogP contribution is -2.10. The second-order valence-electron chi connectivity index (χ2n) is 6.11. The second-order valence-corrected chi connectivity index (χ2v) is 6.11. The molecule has 0 N–H and O–H groups in total. The molecule has 100 valence electrons. The zero-order chi connectivity index (χ0) is 13.7. The van der Waals surface area contributed by atoms with Crippen LogP contribution in [0.2, 0.25) is 0 Å². The molecule has 0 aliphatic heterocycles. The molecule has 0 aromatic heterocycles. The SMILES string of the molecule is C=CC[C@@H]1[C@H](CC)C12c1ccccc1-c1ccccc12. The first-order valence-electron chi connectivity index (χ1n) is 7.66. The zero-order valence-electron chi connectivity index (χ0n) is 12.0. The minimum Gasteiger partial charge on any atom is -0.103 e. The van der Waals surface area contributed by atoms with E-state index in [1.54, 1.807) is 11.1 Å². The molecule has 2 aromatic rings. The quantitative estimate of drug-likeness (QED) is 0.667. The van der Waals surface area contributed by atoms with Gasteiger partial charge in [0.2, 0.25) is 0 Å². The molecule has 0 heterocycles. The van der Waals surface area contributed by atoms with Gasteiger partial charge in [0.15, 0.2) is 0 Å². The average molecular weight is 260 g/mol. The third kappa shape index (κ3) is 1.22. The molecular formula is C20H20. The first kappa shape index (κ1) is 12.0. The first-order chi connectivity index (χ1) is 9.85. The highest BCUT2D eigenvalue weighted by Gasteiger charge is 2.67.